The first-order chi connectivity index (χ1) is 7.65. The molecule has 1 rings (SSSR count). The highest BCUT2D eigenvalue weighted by Crippen LogP contribution is 2.23. The van der Waals surface area contributed by atoms with Gasteiger partial charge in [-0.25, -0.2) is 10.2 Å². The van der Waals surface area contributed by atoms with E-state index in [0.717, 1.165) is 0 Å². The van der Waals surface area contributed by atoms with Crippen molar-refractivity contribution < 1.29 is 18.8 Å². The van der Waals surface area contributed by atoms with Crippen molar-refractivity contribution in [3.63, 3.8) is 0 Å². The Morgan fingerprint density at radius 1 is 1.56 bits per heavy atom. The van der Waals surface area contributed by atoms with Crippen LogP contribution in [0.15, 0.2) is 18.2 Å². The van der Waals surface area contributed by atoms with Crippen molar-refractivity contribution in [2.24, 2.45) is 5.84 Å². The summed E-state index contributed by atoms with van der Waals surface area (Å²) in [6.45, 7) is -0.0300. The van der Waals surface area contributed by atoms with Crippen molar-refractivity contribution in [2.45, 2.75) is 6.42 Å². The van der Waals surface area contributed by atoms with Gasteiger partial charge in [0.15, 0.2) is 11.6 Å². The quantitative estimate of drug-likeness (QED) is 0.604. The Morgan fingerprint density at radius 2 is 2.31 bits per heavy atom. The third kappa shape index (κ3) is 3.65. The average molecular weight is 249 g/mol. The minimum absolute atomic E-state index is 0.0130. The predicted octanol–water partition coefficient (Wildman–Crippen LogP) is 1.17. The van der Waals surface area contributed by atoms with E-state index in [1.165, 1.54) is 12.1 Å². The van der Waals surface area contributed by atoms with E-state index in [0.29, 0.717) is 0 Å². The summed E-state index contributed by atoms with van der Waals surface area (Å²) in [5, 5.41) is -0.0382. The van der Waals surface area contributed by atoms with Crippen LogP contribution < -0.4 is 16.2 Å². The molecule has 0 amide bonds. The lowest BCUT2D eigenvalue weighted by molar-refractivity contribution is -0.151. The summed E-state index contributed by atoms with van der Waals surface area (Å²) >= 11 is 5.53. The number of hydrogen-bond acceptors (Lipinski definition) is 5. The second-order valence-corrected chi connectivity index (χ2v) is 3.15. The summed E-state index contributed by atoms with van der Waals surface area (Å²) in [7, 11) is 0. The van der Waals surface area contributed by atoms with Gasteiger partial charge >= 0.3 is 5.97 Å². The first-order valence-electron chi connectivity index (χ1n) is 4.37. The molecule has 0 fully saturated rings. The van der Waals surface area contributed by atoms with E-state index < -0.39 is 11.8 Å². The minimum atomic E-state index is -0.658. The third-order valence-electron chi connectivity index (χ3n) is 1.65. The molecule has 0 saturated heterocycles. The lowest BCUT2D eigenvalue weighted by Gasteiger charge is -2.07. The van der Waals surface area contributed by atoms with Gasteiger partial charge in [-0.05, 0) is 12.1 Å². The summed E-state index contributed by atoms with van der Waals surface area (Å²) in [5.41, 5.74) is 1.74. The number of rotatable bonds is 5. The molecule has 0 radical (unpaired) electrons. The van der Waals surface area contributed by atoms with Gasteiger partial charge in [0.05, 0.1) is 18.1 Å². The number of halogens is 2. The molecule has 16 heavy (non-hydrogen) atoms. The normalized spacial score (nSPS) is 9.94. The summed E-state index contributed by atoms with van der Waals surface area (Å²) in [6.07, 6.45) is -0.0594. The van der Waals surface area contributed by atoms with Crippen molar-refractivity contribution in [1.29, 1.82) is 0 Å². The van der Waals surface area contributed by atoms with E-state index in [2.05, 4.69) is 4.84 Å². The molecule has 0 saturated carbocycles. The molecule has 5 nitrogen and oxygen atoms in total. The Balaban J connectivity index is 2.43. The molecule has 0 unspecified atom stereocenters. The fourth-order valence-electron chi connectivity index (χ4n) is 0.957. The maximum atomic E-state index is 13.3. The van der Waals surface area contributed by atoms with Gasteiger partial charge in [-0.1, -0.05) is 23.3 Å². The molecule has 0 heterocycles. The van der Waals surface area contributed by atoms with Gasteiger partial charge in [0.2, 0.25) is 0 Å². The maximum Gasteiger partial charge on any atom is 0.329 e. The maximum absolute atomic E-state index is 13.3. The van der Waals surface area contributed by atoms with E-state index in [9.17, 15) is 9.18 Å². The topological polar surface area (TPSA) is 73.6 Å². The van der Waals surface area contributed by atoms with Crippen LogP contribution in [0.1, 0.15) is 6.42 Å². The number of carbonyl (C=O) groups is 1. The largest absolute Gasteiger partial charge is 0.490 e. The molecule has 0 aliphatic carbocycles. The van der Waals surface area contributed by atoms with Crippen LogP contribution in [-0.4, -0.2) is 12.6 Å². The van der Waals surface area contributed by atoms with Gasteiger partial charge in [0, 0.05) is 0 Å². The highest BCUT2D eigenvalue weighted by atomic mass is 35.5. The summed E-state index contributed by atoms with van der Waals surface area (Å²) in [6, 6.07) is 4.35. The zero-order valence-corrected chi connectivity index (χ0v) is 8.96. The molecule has 7 heteroatoms. The van der Waals surface area contributed by atoms with Crippen molar-refractivity contribution in [2.75, 3.05) is 6.61 Å². The van der Waals surface area contributed by atoms with Gasteiger partial charge in [-0.15, -0.1) is 0 Å². The fraction of sp³-hybridized carbons (Fsp3) is 0.222. The standard InChI is InChI=1S/C9H10ClFN2O3/c10-6-2-1-3-7(9(6)11)15-5-4-8(14)16-13-12/h1-3,13H,4-5,12H2. The Labute approximate surface area is 96.2 Å². The molecular formula is C9H10ClFN2O3. The highest BCUT2D eigenvalue weighted by molar-refractivity contribution is 6.30. The number of hydrogen-bond donors (Lipinski definition) is 2. The van der Waals surface area contributed by atoms with Gasteiger partial charge < -0.3 is 9.57 Å². The van der Waals surface area contributed by atoms with Crippen LogP contribution in [0.3, 0.4) is 0 Å². The second kappa shape index (κ2) is 6.26. The van der Waals surface area contributed by atoms with Gasteiger partial charge in [-0.3, -0.25) is 4.79 Å². The fourth-order valence-corrected chi connectivity index (χ4v) is 1.12. The van der Waals surface area contributed by atoms with Crippen molar-refractivity contribution >= 4 is 17.6 Å². The van der Waals surface area contributed by atoms with Crippen molar-refractivity contribution in [3.05, 3.63) is 29.0 Å². The molecule has 3 N–H and O–H groups in total. The molecule has 0 spiro atoms. The number of carbonyl (C=O) groups excluding carboxylic acids is 1. The van der Waals surface area contributed by atoms with Crippen molar-refractivity contribution in [3.8, 4) is 5.75 Å². The molecule has 88 valence electrons. The van der Waals surface area contributed by atoms with E-state index >= 15 is 0 Å². The predicted molar refractivity (Wildman–Crippen MR) is 54.9 cm³/mol. The summed E-state index contributed by atoms with van der Waals surface area (Å²) < 4.78 is 18.3. The Morgan fingerprint density at radius 3 is 3.00 bits per heavy atom. The monoisotopic (exact) mass is 248 g/mol. The molecule has 1 aromatic carbocycles. The smallest absolute Gasteiger partial charge is 0.329 e. The minimum Gasteiger partial charge on any atom is -0.490 e. The molecule has 0 aliphatic heterocycles. The van der Waals surface area contributed by atoms with Crippen LogP contribution in [-0.2, 0) is 9.63 Å². The number of nitrogens with one attached hydrogen (secondary N) is 1. The van der Waals surface area contributed by atoms with Gasteiger partial charge in [0.25, 0.3) is 0 Å². The van der Waals surface area contributed by atoms with Crippen LogP contribution in [0.4, 0.5) is 4.39 Å². The molecule has 0 bridgehead atoms. The number of ether oxygens (including phenoxy) is 1. The highest BCUT2D eigenvalue weighted by Gasteiger charge is 2.08. The Kier molecular flexibility index (Phi) is 4.97. The third-order valence-corrected chi connectivity index (χ3v) is 1.94. The Bertz CT molecular complexity index is 376. The molecule has 1 aromatic rings. The van der Waals surface area contributed by atoms with E-state index in [4.69, 9.17) is 22.2 Å². The number of hydrazine groups is 1. The lowest BCUT2D eigenvalue weighted by Crippen LogP contribution is -2.27. The average Bonchev–Trinajstić information content (AvgIpc) is 2.25. The van der Waals surface area contributed by atoms with E-state index in [-0.39, 0.29) is 23.8 Å². The zero-order chi connectivity index (χ0) is 12.0. The van der Waals surface area contributed by atoms with E-state index in [1.807, 2.05) is 0 Å². The SMILES string of the molecule is NNOC(=O)CCOc1cccc(Cl)c1F. The second-order valence-electron chi connectivity index (χ2n) is 2.74. The van der Waals surface area contributed by atoms with Crippen LogP contribution in [0.5, 0.6) is 5.75 Å². The van der Waals surface area contributed by atoms with Crippen molar-refractivity contribution in [1.82, 2.24) is 5.59 Å². The van der Waals surface area contributed by atoms with Crippen LogP contribution in [0, 0.1) is 5.82 Å². The first-order valence-corrected chi connectivity index (χ1v) is 4.75. The lowest BCUT2D eigenvalue weighted by atomic mass is 10.3. The molecule has 0 atom stereocenters. The van der Waals surface area contributed by atoms with Gasteiger partial charge in [-0.2, -0.15) is 0 Å². The first kappa shape index (κ1) is 12.7. The molecule has 0 aliphatic rings. The number of nitrogens with two attached hydrogens (primary N) is 1. The van der Waals surface area contributed by atoms with Crippen LogP contribution >= 0.6 is 11.6 Å². The Hall–Kier alpha value is -1.37. The molecule has 0 aromatic heterocycles. The van der Waals surface area contributed by atoms with E-state index in [1.54, 1.807) is 11.7 Å². The molecular weight excluding hydrogens is 239 g/mol. The van der Waals surface area contributed by atoms with Crippen LogP contribution in [0.25, 0.3) is 0 Å². The zero-order valence-electron chi connectivity index (χ0n) is 8.20. The van der Waals surface area contributed by atoms with Gasteiger partial charge in [0.1, 0.15) is 0 Å². The number of benzene rings is 1. The van der Waals surface area contributed by atoms with Crippen LogP contribution in [0.2, 0.25) is 5.02 Å². The summed E-state index contributed by atoms with van der Waals surface area (Å²) in [4.78, 5) is 15.0. The summed E-state index contributed by atoms with van der Waals surface area (Å²) in [5.74, 6) is 3.47.